The Morgan fingerprint density at radius 1 is 1.56 bits per heavy atom. The Morgan fingerprint density at radius 2 is 2.31 bits per heavy atom. The van der Waals surface area contributed by atoms with Gasteiger partial charge in [0.1, 0.15) is 10.3 Å². The molecule has 1 fully saturated rings. The number of nitrogens with zero attached hydrogens (tertiary/aromatic N) is 2. The molecule has 0 spiro atoms. The molecule has 4 heteroatoms. The van der Waals surface area contributed by atoms with Crippen LogP contribution in [0.1, 0.15) is 36.7 Å². The second-order valence-electron chi connectivity index (χ2n) is 4.08. The number of halogens is 1. The Bertz CT molecular complexity index is 390. The topological polar surface area (TPSA) is 33.2 Å². The van der Waals surface area contributed by atoms with Gasteiger partial charge in [-0.3, -0.25) is 4.79 Å². The minimum atomic E-state index is 0.0608. The van der Waals surface area contributed by atoms with Crippen LogP contribution in [0.4, 0.5) is 0 Å². The van der Waals surface area contributed by atoms with Crippen LogP contribution >= 0.6 is 15.9 Å². The van der Waals surface area contributed by atoms with E-state index in [1.165, 1.54) is 0 Å². The van der Waals surface area contributed by atoms with Crippen LogP contribution in [-0.4, -0.2) is 28.4 Å². The first kappa shape index (κ1) is 11.6. The minimum Gasteiger partial charge on any atom is -0.334 e. The fraction of sp³-hybridized carbons (Fsp3) is 0.500. The second kappa shape index (κ2) is 4.95. The molecule has 0 atom stereocenters. The van der Waals surface area contributed by atoms with E-state index >= 15 is 0 Å². The van der Waals surface area contributed by atoms with Crippen molar-refractivity contribution in [2.24, 2.45) is 0 Å². The van der Waals surface area contributed by atoms with Gasteiger partial charge in [0, 0.05) is 12.6 Å². The van der Waals surface area contributed by atoms with Crippen molar-refractivity contribution in [2.75, 3.05) is 6.54 Å². The molecular weight excluding hydrogens is 268 g/mol. The maximum atomic E-state index is 12.2. The summed E-state index contributed by atoms with van der Waals surface area (Å²) >= 11 is 3.29. The van der Waals surface area contributed by atoms with E-state index < -0.39 is 0 Å². The summed E-state index contributed by atoms with van der Waals surface area (Å²) in [6.45, 7) is 2.93. The second-order valence-corrected chi connectivity index (χ2v) is 4.89. The van der Waals surface area contributed by atoms with E-state index in [9.17, 15) is 4.79 Å². The van der Waals surface area contributed by atoms with Gasteiger partial charge in [-0.1, -0.05) is 13.0 Å². The Kier molecular flexibility index (Phi) is 3.59. The fourth-order valence-corrected chi connectivity index (χ4v) is 2.10. The highest BCUT2D eigenvalue weighted by molar-refractivity contribution is 9.10. The van der Waals surface area contributed by atoms with Crippen LogP contribution in [0.3, 0.4) is 0 Å². The third kappa shape index (κ3) is 2.61. The van der Waals surface area contributed by atoms with Gasteiger partial charge in [0.2, 0.25) is 0 Å². The van der Waals surface area contributed by atoms with Crippen LogP contribution in [0, 0.1) is 0 Å². The molecule has 86 valence electrons. The molecule has 0 N–H and O–H groups in total. The van der Waals surface area contributed by atoms with Gasteiger partial charge >= 0.3 is 0 Å². The predicted molar refractivity (Wildman–Crippen MR) is 66.3 cm³/mol. The van der Waals surface area contributed by atoms with E-state index in [0.29, 0.717) is 16.3 Å². The highest BCUT2D eigenvalue weighted by atomic mass is 79.9. The largest absolute Gasteiger partial charge is 0.334 e. The van der Waals surface area contributed by atoms with E-state index in [0.717, 1.165) is 25.8 Å². The number of hydrogen-bond acceptors (Lipinski definition) is 2. The van der Waals surface area contributed by atoms with Crippen molar-refractivity contribution in [2.45, 2.75) is 32.2 Å². The Balaban J connectivity index is 2.15. The third-order valence-electron chi connectivity index (χ3n) is 2.65. The Morgan fingerprint density at radius 3 is 2.88 bits per heavy atom. The molecule has 0 aromatic carbocycles. The number of amides is 1. The number of pyridine rings is 1. The van der Waals surface area contributed by atoms with Gasteiger partial charge in [-0.15, -0.1) is 0 Å². The van der Waals surface area contributed by atoms with Gasteiger partial charge < -0.3 is 4.90 Å². The highest BCUT2D eigenvalue weighted by Crippen LogP contribution is 2.28. The van der Waals surface area contributed by atoms with Gasteiger partial charge in [-0.2, -0.15) is 0 Å². The molecule has 1 aliphatic carbocycles. The lowest BCUT2D eigenvalue weighted by Crippen LogP contribution is -2.34. The molecule has 3 nitrogen and oxygen atoms in total. The zero-order valence-electron chi connectivity index (χ0n) is 9.32. The summed E-state index contributed by atoms with van der Waals surface area (Å²) in [5, 5.41) is 0. The molecule has 1 aromatic rings. The maximum absolute atomic E-state index is 12.2. The molecule has 0 unspecified atom stereocenters. The average Bonchev–Trinajstić information content (AvgIpc) is 3.09. The van der Waals surface area contributed by atoms with Crippen molar-refractivity contribution >= 4 is 21.8 Å². The summed E-state index contributed by atoms with van der Waals surface area (Å²) in [7, 11) is 0. The van der Waals surface area contributed by atoms with E-state index in [1.807, 2.05) is 17.0 Å². The number of hydrogen-bond donors (Lipinski definition) is 0. The lowest BCUT2D eigenvalue weighted by molar-refractivity contribution is 0.0737. The van der Waals surface area contributed by atoms with Gasteiger partial charge in [0.25, 0.3) is 5.91 Å². The normalized spacial score (nSPS) is 14.9. The predicted octanol–water partition coefficient (Wildman–Crippen LogP) is 2.86. The number of carbonyl (C=O) groups is 1. The number of carbonyl (C=O) groups excluding carboxylic acids is 1. The van der Waals surface area contributed by atoms with Crippen LogP contribution in [0.2, 0.25) is 0 Å². The maximum Gasteiger partial charge on any atom is 0.272 e. The smallest absolute Gasteiger partial charge is 0.272 e. The molecule has 1 saturated carbocycles. The molecule has 1 amide bonds. The van der Waals surface area contributed by atoms with Crippen molar-refractivity contribution in [3.05, 3.63) is 28.5 Å². The third-order valence-corrected chi connectivity index (χ3v) is 3.09. The van der Waals surface area contributed by atoms with E-state index in [-0.39, 0.29) is 5.91 Å². The molecular formula is C12H15BrN2O. The van der Waals surface area contributed by atoms with Gasteiger partial charge in [0.05, 0.1) is 0 Å². The summed E-state index contributed by atoms with van der Waals surface area (Å²) < 4.78 is 0.714. The molecule has 1 aromatic heterocycles. The minimum absolute atomic E-state index is 0.0608. The average molecular weight is 283 g/mol. The summed E-state index contributed by atoms with van der Waals surface area (Å²) in [5.74, 6) is 0.0608. The van der Waals surface area contributed by atoms with E-state index in [4.69, 9.17) is 0 Å². The van der Waals surface area contributed by atoms with Crippen LogP contribution in [0.5, 0.6) is 0 Å². The van der Waals surface area contributed by atoms with E-state index in [1.54, 1.807) is 6.07 Å². The monoisotopic (exact) mass is 282 g/mol. The van der Waals surface area contributed by atoms with Crippen LogP contribution in [-0.2, 0) is 0 Å². The van der Waals surface area contributed by atoms with Crippen molar-refractivity contribution in [1.29, 1.82) is 0 Å². The van der Waals surface area contributed by atoms with Gasteiger partial charge in [0.15, 0.2) is 0 Å². The van der Waals surface area contributed by atoms with Crippen LogP contribution in [0.15, 0.2) is 22.8 Å². The number of rotatable bonds is 4. The fourth-order valence-electron chi connectivity index (χ4n) is 1.75. The van der Waals surface area contributed by atoms with Crippen molar-refractivity contribution in [1.82, 2.24) is 9.88 Å². The standard InChI is InChI=1S/C12H15BrN2O/c1-2-8-15(9-6-7-9)12(16)10-4-3-5-11(13)14-10/h3-5,9H,2,6-8H2,1H3. The first-order valence-electron chi connectivity index (χ1n) is 5.66. The zero-order valence-corrected chi connectivity index (χ0v) is 10.9. The van der Waals surface area contributed by atoms with Crippen molar-refractivity contribution in [3.63, 3.8) is 0 Å². The molecule has 0 aliphatic heterocycles. The molecule has 16 heavy (non-hydrogen) atoms. The molecule has 1 heterocycles. The quantitative estimate of drug-likeness (QED) is 0.796. The highest BCUT2D eigenvalue weighted by Gasteiger charge is 2.32. The Labute approximate surface area is 104 Å². The zero-order chi connectivity index (χ0) is 11.5. The number of aromatic nitrogens is 1. The van der Waals surface area contributed by atoms with Crippen molar-refractivity contribution < 1.29 is 4.79 Å². The summed E-state index contributed by atoms with van der Waals surface area (Å²) in [5.41, 5.74) is 0.537. The lowest BCUT2D eigenvalue weighted by Gasteiger charge is -2.21. The SMILES string of the molecule is CCCN(C(=O)c1cccc(Br)n1)C1CC1. The summed E-state index contributed by atoms with van der Waals surface area (Å²) in [6, 6.07) is 5.91. The van der Waals surface area contributed by atoms with Crippen LogP contribution < -0.4 is 0 Å². The lowest BCUT2D eigenvalue weighted by atomic mass is 10.3. The van der Waals surface area contributed by atoms with Gasteiger partial charge in [-0.25, -0.2) is 4.98 Å². The molecule has 1 aliphatic rings. The van der Waals surface area contributed by atoms with Crippen LogP contribution in [0.25, 0.3) is 0 Å². The molecule has 0 bridgehead atoms. The first-order chi connectivity index (χ1) is 7.72. The summed E-state index contributed by atoms with van der Waals surface area (Å²) in [6.07, 6.45) is 3.27. The first-order valence-corrected chi connectivity index (χ1v) is 6.45. The summed E-state index contributed by atoms with van der Waals surface area (Å²) in [4.78, 5) is 18.4. The van der Waals surface area contributed by atoms with Gasteiger partial charge in [-0.05, 0) is 47.3 Å². The molecule has 2 rings (SSSR count). The van der Waals surface area contributed by atoms with Crippen molar-refractivity contribution in [3.8, 4) is 0 Å². The molecule has 0 radical (unpaired) electrons. The van der Waals surface area contributed by atoms with E-state index in [2.05, 4.69) is 27.8 Å². The Hall–Kier alpha value is -0.900. The molecule has 0 saturated heterocycles.